The van der Waals surface area contributed by atoms with E-state index in [4.69, 9.17) is 0 Å². The van der Waals surface area contributed by atoms with Gasteiger partial charge in [-0.3, -0.25) is 4.79 Å². The monoisotopic (exact) mass is 183 g/mol. The van der Waals surface area contributed by atoms with Gasteiger partial charge in [0.1, 0.15) is 5.56 Å². The van der Waals surface area contributed by atoms with Crippen molar-refractivity contribution in [2.45, 2.75) is 27.2 Å². The zero-order chi connectivity index (χ0) is 10.0. The van der Waals surface area contributed by atoms with Crippen LogP contribution in [0, 0.1) is 12.8 Å². The number of nitrogens with one attached hydrogen (secondary N) is 1. The van der Waals surface area contributed by atoms with E-state index in [-0.39, 0.29) is 17.3 Å². The summed E-state index contributed by atoms with van der Waals surface area (Å²) < 4.78 is 4.50. The molecule has 0 aliphatic carbocycles. The summed E-state index contributed by atoms with van der Waals surface area (Å²) in [7, 11) is 0. The topological polar surface area (TPSA) is 63.1 Å². The van der Waals surface area contributed by atoms with E-state index in [1.165, 1.54) is 0 Å². The van der Waals surface area contributed by atoms with Gasteiger partial charge in [-0.05, 0) is 12.8 Å². The first-order chi connectivity index (χ1) is 6.02. The molecular weight excluding hydrogens is 170 g/mol. The first-order valence-corrected chi connectivity index (χ1v) is 4.23. The van der Waals surface area contributed by atoms with Crippen molar-refractivity contribution in [2.75, 3.05) is 0 Å². The van der Waals surface area contributed by atoms with Gasteiger partial charge in [0.15, 0.2) is 5.78 Å². The van der Waals surface area contributed by atoms with Gasteiger partial charge in [0.25, 0.3) is 0 Å². The van der Waals surface area contributed by atoms with Crippen molar-refractivity contribution in [1.29, 1.82) is 0 Å². The molecule has 1 aromatic rings. The van der Waals surface area contributed by atoms with Crippen molar-refractivity contribution in [3.8, 4) is 0 Å². The molecule has 1 aromatic heterocycles. The minimum absolute atomic E-state index is 0.150. The van der Waals surface area contributed by atoms with Crippen LogP contribution in [0.4, 0.5) is 0 Å². The maximum Gasteiger partial charge on any atom is 0.368 e. The van der Waals surface area contributed by atoms with E-state index in [0.717, 1.165) is 0 Å². The van der Waals surface area contributed by atoms with Crippen molar-refractivity contribution in [3.05, 3.63) is 21.7 Å². The Bertz CT molecular complexity index is 359. The Morgan fingerprint density at radius 3 is 2.54 bits per heavy atom. The molecule has 0 aromatic carbocycles. The quantitative estimate of drug-likeness (QED) is 0.722. The summed E-state index contributed by atoms with van der Waals surface area (Å²) >= 11 is 0. The van der Waals surface area contributed by atoms with Gasteiger partial charge >= 0.3 is 5.63 Å². The SMILES string of the molecule is Cc1[nH]oc(=O)c1C(=O)CC(C)C. The van der Waals surface area contributed by atoms with Crippen LogP contribution in [0.1, 0.15) is 36.3 Å². The average Bonchev–Trinajstić information content (AvgIpc) is 2.29. The Labute approximate surface area is 75.9 Å². The molecule has 0 saturated carbocycles. The van der Waals surface area contributed by atoms with Gasteiger partial charge < -0.3 is 4.52 Å². The molecule has 72 valence electrons. The lowest BCUT2D eigenvalue weighted by Gasteiger charge is -2.00. The molecule has 1 rings (SSSR count). The molecule has 0 bridgehead atoms. The van der Waals surface area contributed by atoms with Crippen LogP contribution in [0.2, 0.25) is 0 Å². The van der Waals surface area contributed by atoms with Crippen molar-refractivity contribution in [2.24, 2.45) is 5.92 Å². The molecule has 13 heavy (non-hydrogen) atoms. The van der Waals surface area contributed by atoms with Gasteiger partial charge in [0, 0.05) is 6.42 Å². The Morgan fingerprint density at radius 1 is 1.54 bits per heavy atom. The number of H-pyrrole nitrogens is 1. The molecule has 0 atom stereocenters. The number of ketones is 1. The predicted octanol–water partition coefficient (Wildman–Crippen LogP) is 1.51. The Morgan fingerprint density at radius 2 is 2.15 bits per heavy atom. The molecule has 0 radical (unpaired) electrons. The zero-order valence-electron chi connectivity index (χ0n) is 8.01. The molecule has 4 nitrogen and oxygen atoms in total. The van der Waals surface area contributed by atoms with Crippen molar-refractivity contribution < 1.29 is 9.32 Å². The van der Waals surface area contributed by atoms with Crippen LogP contribution in [-0.2, 0) is 0 Å². The number of hydrogen-bond acceptors (Lipinski definition) is 3. The number of carbonyl (C=O) groups is 1. The normalized spacial score (nSPS) is 10.8. The van der Waals surface area contributed by atoms with Gasteiger partial charge in [-0.1, -0.05) is 13.8 Å². The van der Waals surface area contributed by atoms with Crippen LogP contribution in [0.15, 0.2) is 9.32 Å². The highest BCUT2D eigenvalue weighted by Gasteiger charge is 2.17. The average molecular weight is 183 g/mol. The van der Waals surface area contributed by atoms with Crippen LogP contribution >= 0.6 is 0 Å². The Kier molecular flexibility index (Phi) is 2.70. The fraction of sp³-hybridized carbons (Fsp3) is 0.556. The van der Waals surface area contributed by atoms with Crippen LogP contribution in [-0.4, -0.2) is 10.9 Å². The van der Waals surface area contributed by atoms with Crippen LogP contribution in [0.25, 0.3) is 0 Å². The van der Waals surface area contributed by atoms with Crippen LogP contribution < -0.4 is 5.63 Å². The number of aryl methyl sites for hydroxylation is 1. The van der Waals surface area contributed by atoms with E-state index in [9.17, 15) is 9.59 Å². The fourth-order valence-corrected chi connectivity index (χ4v) is 1.17. The predicted molar refractivity (Wildman–Crippen MR) is 47.9 cm³/mol. The van der Waals surface area contributed by atoms with Crippen molar-refractivity contribution in [3.63, 3.8) is 0 Å². The second-order valence-electron chi connectivity index (χ2n) is 3.51. The summed E-state index contributed by atoms with van der Waals surface area (Å²) in [6.45, 7) is 5.52. The van der Waals surface area contributed by atoms with E-state index in [2.05, 4.69) is 9.68 Å². The number of rotatable bonds is 3. The van der Waals surface area contributed by atoms with E-state index in [1.54, 1.807) is 6.92 Å². The smallest absolute Gasteiger partial charge is 0.338 e. The fourth-order valence-electron chi connectivity index (χ4n) is 1.17. The summed E-state index contributed by atoms with van der Waals surface area (Å²) in [5.74, 6) is 0.101. The lowest BCUT2D eigenvalue weighted by molar-refractivity contribution is 0.0965. The molecule has 0 saturated heterocycles. The third-order valence-corrected chi connectivity index (χ3v) is 1.75. The summed E-state index contributed by atoms with van der Waals surface area (Å²) in [4.78, 5) is 22.5. The minimum atomic E-state index is -0.567. The second-order valence-corrected chi connectivity index (χ2v) is 3.51. The summed E-state index contributed by atoms with van der Waals surface area (Å²) in [6, 6.07) is 0. The van der Waals surface area contributed by atoms with E-state index >= 15 is 0 Å². The van der Waals surface area contributed by atoms with E-state index in [1.807, 2.05) is 13.8 Å². The first kappa shape index (κ1) is 9.77. The van der Waals surface area contributed by atoms with E-state index < -0.39 is 5.63 Å². The molecule has 0 unspecified atom stereocenters. The Hall–Kier alpha value is -1.32. The molecule has 1 N–H and O–H groups in total. The third kappa shape index (κ3) is 2.08. The maximum absolute atomic E-state index is 11.5. The largest absolute Gasteiger partial charge is 0.368 e. The van der Waals surface area contributed by atoms with Gasteiger partial charge in [0.2, 0.25) is 0 Å². The van der Waals surface area contributed by atoms with Crippen LogP contribution in [0.3, 0.4) is 0 Å². The van der Waals surface area contributed by atoms with Crippen LogP contribution in [0.5, 0.6) is 0 Å². The molecule has 0 amide bonds. The number of hydrogen-bond donors (Lipinski definition) is 1. The summed E-state index contributed by atoms with van der Waals surface area (Å²) in [6.07, 6.45) is 0.378. The zero-order valence-corrected chi connectivity index (χ0v) is 8.01. The maximum atomic E-state index is 11.5. The van der Waals surface area contributed by atoms with Crippen molar-refractivity contribution in [1.82, 2.24) is 5.16 Å². The molecule has 0 spiro atoms. The number of aromatic amines is 1. The lowest BCUT2D eigenvalue weighted by atomic mass is 10.0. The molecule has 1 heterocycles. The highest BCUT2D eigenvalue weighted by atomic mass is 16.5. The second kappa shape index (κ2) is 3.60. The van der Waals surface area contributed by atoms with Gasteiger partial charge in [-0.25, -0.2) is 9.95 Å². The summed E-state index contributed by atoms with van der Waals surface area (Å²) in [5, 5.41) is 2.38. The summed E-state index contributed by atoms with van der Waals surface area (Å²) in [5.41, 5.74) is 0.104. The van der Waals surface area contributed by atoms with E-state index in [0.29, 0.717) is 12.1 Å². The van der Waals surface area contributed by atoms with Gasteiger partial charge in [-0.15, -0.1) is 0 Å². The molecule has 0 fully saturated rings. The first-order valence-electron chi connectivity index (χ1n) is 4.23. The highest BCUT2D eigenvalue weighted by Crippen LogP contribution is 2.08. The molecule has 0 aliphatic rings. The molecule has 4 heteroatoms. The lowest BCUT2D eigenvalue weighted by Crippen LogP contribution is -2.13. The van der Waals surface area contributed by atoms with Gasteiger partial charge in [0.05, 0.1) is 5.69 Å². The number of carbonyl (C=O) groups excluding carboxylic acids is 1. The molecular formula is C9H13NO3. The number of aromatic nitrogens is 1. The minimum Gasteiger partial charge on any atom is -0.338 e. The standard InChI is InChI=1S/C9H13NO3/c1-5(2)4-7(11)8-6(3)10-13-9(8)12/h5,10H,4H2,1-3H3. The molecule has 0 aliphatic heterocycles. The van der Waals surface area contributed by atoms with Crippen molar-refractivity contribution >= 4 is 5.78 Å². The Balaban J connectivity index is 2.95. The third-order valence-electron chi connectivity index (χ3n) is 1.75. The highest BCUT2D eigenvalue weighted by molar-refractivity contribution is 5.96. The number of Topliss-reactive ketones (excluding diaryl/α,β-unsaturated/α-hetero) is 1. The van der Waals surface area contributed by atoms with Gasteiger partial charge in [-0.2, -0.15) is 0 Å².